The summed E-state index contributed by atoms with van der Waals surface area (Å²) >= 11 is 1.80. The molecule has 0 saturated carbocycles. The Kier molecular flexibility index (Phi) is 6.74. The summed E-state index contributed by atoms with van der Waals surface area (Å²) < 4.78 is 0. The molecule has 2 aliphatic heterocycles. The second-order valence-electron chi connectivity index (χ2n) is 7.79. The summed E-state index contributed by atoms with van der Waals surface area (Å²) in [5.74, 6) is 0.136. The molecule has 2 aromatic rings. The molecule has 154 valence electrons. The first-order valence-electron chi connectivity index (χ1n) is 10.5. The van der Waals surface area contributed by atoms with Crippen molar-refractivity contribution in [1.29, 1.82) is 0 Å². The van der Waals surface area contributed by atoms with Crippen LogP contribution in [0.2, 0.25) is 0 Å². The third-order valence-electron chi connectivity index (χ3n) is 5.66. The fraction of sp³-hybridized carbons (Fsp3) is 0.435. The highest BCUT2D eigenvalue weighted by molar-refractivity contribution is 7.99. The molecule has 4 rings (SSSR count). The van der Waals surface area contributed by atoms with Crippen molar-refractivity contribution in [1.82, 2.24) is 15.1 Å². The van der Waals surface area contributed by atoms with Gasteiger partial charge in [-0.25, -0.2) is 0 Å². The van der Waals surface area contributed by atoms with E-state index in [1.807, 2.05) is 0 Å². The zero-order chi connectivity index (χ0) is 20.1. The maximum Gasteiger partial charge on any atom is 0.221 e. The van der Waals surface area contributed by atoms with Crippen LogP contribution >= 0.6 is 11.8 Å². The van der Waals surface area contributed by atoms with Gasteiger partial charge in [0.15, 0.2) is 0 Å². The number of nitrogens with one attached hydrogen (secondary N) is 1. The van der Waals surface area contributed by atoms with E-state index in [0.29, 0.717) is 13.0 Å². The van der Waals surface area contributed by atoms with Gasteiger partial charge in [0, 0.05) is 55.5 Å². The van der Waals surface area contributed by atoms with Crippen LogP contribution in [0.4, 0.5) is 11.4 Å². The maximum atomic E-state index is 12.4. The van der Waals surface area contributed by atoms with Crippen LogP contribution in [0.15, 0.2) is 58.3 Å². The van der Waals surface area contributed by atoms with Crippen molar-refractivity contribution in [2.24, 2.45) is 0 Å². The number of likely N-dealkylation sites (N-methyl/N-ethyl adjacent to an activating group) is 1. The number of carbonyl (C=O) groups excluding carboxylic acids is 1. The number of amides is 1. The van der Waals surface area contributed by atoms with Crippen LogP contribution in [0.3, 0.4) is 0 Å². The summed E-state index contributed by atoms with van der Waals surface area (Å²) in [4.78, 5) is 22.1. The Hall–Kier alpha value is -2.02. The lowest BCUT2D eigenvalue weighted by Gasteiger charge is -2.32. The third-order valence-corrected chi connectivity index (χ3v) is 6.79. The molecule has 0 aromatic heterocycles. The van der Waals surface area contributed by atoms with E-state index in [1.54, 1.807) is 11.8 Å². The molecular formula is C23H30N4OS. The molecule has 0 spiro atoms. The largest absolute Gasteiger partial charge is 0.356 e. The number of piperazine rings is 1. The van der Waals surface area contributed by atoms with Gasteiger partial charge in [-0.05, 0) is 44.3 Å². The number of rotatable bonds is 7. The standard InChI is InChI=1S/C23H30N4OS/c1-25-15-17-26(18-16-25)13-6-12-24-23(28)11-14-27-19-7-2-4-9-21(19)29-22-10-5-3-8-20(22)27/h2-5,7-10H,6,11-18H2,1H3,(H,24,28). The van der Waals surface area contributed by atoms with E-state index in [2.05, 4.69) is 75.6 Å². The van der Waals surface area contributed by atoms with E-state index >= 15 is 0 Å². The minimum atomic E-state index is 0.136. The number of fused-ring (bicyclic) bond motifs is 2. The van der Waals surface area contributed by atoms with E-state index in [-0.39, 0.29) is 5.91 Å². The highest BCUT2D eigenvalue weighted by atomic mass is 32.2. The molecule has 0 bridgehead atoms. The Morgan fingerprint density at radius 3 is 2.21 bits per heavy atom. The average molecular weight is 411 g/mol. The summed E-state index contributed by atoms with van der Waals surface area (Å²) in [5, 5.41) is 3.11. The summed E-state index contributed by atoms with van der Waals surface area (Å²) in [6, 6.07) is 16.9. The van der Waals surface area contributed by atoms with Gasteiger partial charge in [-0.3, -0.25) is 4.79 Å². The van der Waals surface area contributed by atoms with Crippen molar-refractivity contribution < 1.29 is 4.79 Å². The van der Waals surface area contributed by atoms with Crippen LogP contribution < -0.4 is 10.2 Å². The van der Waals surface area contributed by atoms with Crippen LogP contribution in [0.25, 0.3) is 0 Å². The first-order chi connectivity index (χ1) is 14.2. The molecule has 1 amide bonds. The molecule has 2 aliphatic rings. The Morgan fingerprint density at radius 2 is 1.55 bits per heavy atom. The van der Waals surface area contributed by atoms with Gasteiger partial charge < -0.3 is 20.0 Å². The van der Waals surface area contributed by atoms with E-state index in [4.69, 9.17) is 0 Å². The monoisotopic (exact) mass is 410 g/mol. The molecule has 2 aromatic carbocycles. The highest BCUT2D eigenvalue weighted by Crippen LogP contribution is 2.47. The lowest BCUT2D eigenvalue weighted by atomic mass is 10.2. The quantitative estimate of drug-likeness (QED) is 0.708. The number of carbonyl (C=O) groups is 1. The minimum absolute atomic E-state index is 0.136. The smallest absolute Gasteiger partial charge is 0.221 e. The average Bonchev–Trinajstić information content (AvgIpc) is 2.75. The number of anilines is 2. The van der Waals surface area contributed by atoms with Crippen molar-refractivity contribution in [3.05, 3.63) is 48.5 Å². The number of hydrogen-bond donors (Lipinski definition) is 1. The van der Waals surface area contributed by atoms with Crippen molar-refractivity contribution >= 4 is 29.0 Å². The van der Waals surface area contributed by atoms with Gasteiger partial charge in [0.1, 0.15) is 0 Å². The molecule has 6 heteroatoms. The van der Waals surface area contributed by atoms with Crippen LogP contribution in [0.5, 0.6) is 0 Å². The molecule has 29 heavy (non-hydrogen) atoms. The fourth-order valence-electron chi connectivity index (χ4n) is 3.93. The second-order valence-corrected chi connectivity index (χ2v) is 8.87. The fourth-order valence-corrected chi connectivity index (χ4v) is 5.02. The van der Waals surface area contributed by atoms with Crippen LogP contribution in [0.1, 0.15) is 12.8 Å². The molecule has 1 fully saturated rings. The summed E-state index contributed by atoms with van der Waals surface area (Å²) in [6.07, 6.45) is 1.52. The maximum absolute atomic E-state index is 12.4. The number of benzene rings is 2. The molecule has 0 radical (unpaired) electrons. The molecule has 1 saturated heterocycles. The Balaban J connectivity index is 1.26. The predicted molar refractivity (Wildman–Crippen MR) is 120 cm³/mol. The second kappa shape index (κ2) is 9.65. The number of hydrogen-bond acceptors (Lipinski definition) is 5. The Morgan fingerprint density at radius 1 is 0.931 bits per heavy atom. The Labute approximate surface area is 178 Å². The molecular weight excluding hydrogens is 380 g/mol. The Bertz CT molecular complexity index is 790. The third kappa shape index (κ3) is 5.13. The number of nitrogens with zero attached hydrogens (tertiary/aromatic N) is 3. The van der Waals surface area contributed by atoms with Gasteiger partial charge in [-0.15, -0.1) is 0 Å². The summed E-state index contributed by atoms with van der Waals surface area (Å²) in [7, 11) is 2.18. The normalized spacial score (nSPS) is 16.9. The molecule has 2 heterocycles. The molecule has 0 unspecified atom stereocenters. The van der Waals surface area contributed by atoms with Gasteiger partial charge in [0.25, 0.3) is 0 Å². The summed E-state index contributed by atoms with van der Waals surface area (Å²) in [6.45, 7) is 7.07. The van der Waals surface area contributed by atoms with Gasteiger partial charge in [0.2, 0.25) is 5.91 Å². The molecule has 5 nitrogen and oxygen atoms in total. The lowest BCUT2D eigenvalue weighted by Crippen LogP contribution is -2.45. The van der Waals surface area contributed by atoms with E-state index in [9.17, 15) is 4.79 Å². The van der Waals surface area contributed by atoms with Gasteiger partial charge in [-0.2, -0.15) is 0 Å². The van der Waals surface area contributed by atoms with Gasteiger partial charge >= 0.3 is 0 Å². The van der Waals surface area contributed by atoms with Crippen LogP contribution in [0, 0.1) is 0 Å². The first kappa shape index (κ1) is 20.3. The van der Waals surface area contributed by atoms with Crippen molar-refractivity contribution in [3.8, 4) is 0 Å². The minimum Gasteiger partial charge on any atom is -0.356 e. The van der Waals surface area contributed by atoms with Gasteiger partial charge in [0.05, 0.1) is 11.4 Å². The van der Waals surface area contributed by atoms with E-state index in [1.165, 1.54) is 21.2 Å². The van der Waals surface area contributed by atoms with Crippen molar-refractivity contribution in [2.75, 3.05) is 57.8 Å². The van der Waals surface area contributed by atoms with Crippen LogP contribution in [-0.4, -0.2) is 68.6 Å². The summed E-state index contributed by atoms with van der Waals surface area (Å²) in [5.41, 5.74) is 2.39. The topological polar surface area (TPSA) is 38.8 Å². The van der Waals surface area contributed by atoms with Crippen molar-refractivity contribution in [2.45, 2.75) is 22.6 Å². The van der Waals surface area contributed by atoms with Crippen LogP contribution in [-0.2, 0) is 4.79 Å². The van der Waals surface area contributed by atoms with Gasteiger partial charge in [-0.1, -0.05) is 36.0 Å². The highest BCUT2D eigenvalue weighted by Gasteiger charge is 2.23. The zero-order valence-corrected chi connectivity index (χ0v) is 18.0. The molecule has 1 N–H and O–H groups in total. The number of para-hydroxylation sites is 2. The first-order valence-corrected chi connectivity index (χ1v) is 11.3. The van der Waals surface area contributed by atoms with Crippen molar-refractivity contribution in [3.63, 3.8) is 0 Å². The molecule has 0 aliphatic carbocycles. The SMILES string of the molecule is CN1CCN(CCCNC(=O)CCN2c3ccccc3Sc3ccccc32)CC1. The molecule has 0 atom stereocenters. The van der Waals surface area contributed by atoms with E-state index in [0.717, 1.165) is 45.7 Å². The van der Waals surface area contributed by atoms with E-state index < -0.39 is 0 Å². The zero-order valence-electron chi connectivity index (χ0n) is 17.1. The lowest BCUT2D eigenvalue weighted by molar-refractivity contribution is -0.120. The predicted octanol–water partition coefficient (Wildman–Crippen LogP) is 3.43.